The maximum Gasteiger partial charge on any atom is 0.335 e. The number of carboxylic acids is 1. The minimum atomic E-state index is -1.16. The lowest BCUT2D eigenvalue weighted by Gasteiger charge is -2.13. The molecule has 7 heteroatoms. The van der Waals surface area contributed by atoms with Gasteiger partial charge in [0.2, 0.25) is 0 Å². The van der Waals surface area contributed by atoms with Gasteiger partial charge in [-0.05, 0) is 42.2 Å². The Balaban J connectivity index is 2.33. The molecular weight excluding hydrogens is 385 g/mol. The SMILES string of the molecule is CC(C)Cc1ccc(Cl)c(C(=O)Nc2c(Cl)cc(C(=O)O)cc2Cl)c1. The zero-order chi connectivity index (χ0) is 18.7. The van der Waals surface area contributed by atoms with Crippen molar-refractivity contribution in [3.63, 3.8) is 0 Å². The van der Waals surface area contributed by atoms with E-state index in [1.807, 2.05) is 6.07 Å². The van der Waals surface area contributed by atoms with E-state index < -0.39 is 11.9 Å². The van der Waals surface area contributed by atoms with Crippen molar-refractivity contribution in [2.24, 2.45) is 5.92 Å². The van der Waals surface area contributed by atoms with Gasteiger partial charge in [0.1, 0.15) is 0 Å². The van der Waals surface area contributed by atoms with E-state index in [0.717, 1.165) is 12.0 Å². The molecule has 0 unspecified atom stereocenters. The first-order valence-electron chi connectivity index (χ1n) is 7.51. The molecule has 2 N–H and O–H groups in total. The lowest BCUT2D eigenvalue weighted by molar-refractivity contribution is 0.0696. The fourth-order valence-electron chi connectivity index (χ4n) is 2.34. The predicted molar refractivity (Wildman–Crippen MR) is 101 cm³/mol. The smallest absolute Gasteiger partial charge is 0.335 e. The molecule has 0 radical (unpaired) electrons. The number of hydrogen-bond acceptors (Lipinski definition) is 2. The lowest BCUT2D eigenvalue weighted by atomic mass is 10.0. The molecule has 2 aromatic rings. The number of carbonyl (C=O) groups excluding carboxylic acids is 1. The number of nitrogens with one attached hydrogen (secondary N) is 1. The Kier molecular flexibility index (Phi) is 6.33. The highest BCUT2D eigenvalue weighted by Crippen LogP contribution is 2.33. The lowest BCUT2D eigenvalue weighted by Crippen LogP contribution is -2.14. The summed E-state index contributed by atoms with van der Waals surface area (Å²) in [5, 5.41) is 12.0. The van der Waals surface area contributed by atoms with Gasteiger partial charge < -0.3 is 10.4 Å². The van der Waals surface area contributed by atoms with Crippen molar-refractivity contribution in [3.8, 4) is 0 Å². The molecule has 2 rings (SSSR count). The molecular formula is C18H16Cl3NO3. The summed E-state index contributed by atoms with van der Waals surface area (Å²) in [6, 6.07) is 7.72. The monoisotopic (exact) mass is 399 g/mol. The molecule has 0 aliphatic carbocycles. The highest BCUT2D eigenvalue weighted by Gasteiger charge is 2.17. The highest BCUT2D eigenvalue weighted by molar-refractivity contribution is 6.41. The van der Waals surface area contributed by atoms with Crippen LogP contribution in [0, 0.1) is 5.92 Å². The summed E-state index contributed by atoms with van der Waals surface area (Å²) < 4.78 is 0. The maximum atomic E-state index is 12.6. The number of benzene rings is 2. The first-order chi connectivity index (χ1) is 11.7. The van der Waals surface area contributed by atoms with Crippen LogP contribution < -0.4 is 5.32 Å². The Morgan fingerprint density at radius 2 is 1.64 bits per heavy atom. The topological polar surface area (TPSA) is 66.4 Å². The summed E-state index contributed by atoms with van der Waals surface area (Å²) >= 11 is 18.2. The summed E-state index contributed by atoms with van der Waals surface area (Å²) in [5.41, 5.74) is 1.37. The summed E-state index contributed by atoms with van der Waals surface area (Å²) in [4.78, 5) is 23.6. The van der Waals surface area contributed by atoms with Crippen molar-refractivity contribution in [3.05, 3.63) is 62.1 Å². The largest absolute Gasteiger partial charge is 0.478 e. The van der Waals surface area contributed by atoms with Crippen LogP contribution in [0.5, 0.6) is 0 Å². The van der Waals surface area contributed by atoms with Crippen LogP contribution in [0.25, 0.3) is 0 Å². The zero-order valence-electron chi connectivity index (χ0n) is 13.6. The molecule has 4 nitrogen and oxygen atoms in total. The molecule has 0 saturated heterocycles. The number of hydrogen-bond donors (Lipinski definition) is 2. The van der Waals surface area contributed by atoms with Gasteiger partial charge in [0.05, 0.1) is 31.9 Å². The van der Waals surface area contributed by atoms with Gasteiger partial charge in [-0.1, -0.05) is 54.7 Å². The average molecular weight is 401 g/mol. The Bertz CT molecular complexity index is 811. The normalized spacial score (nSPS) is 10.8. The predicted octanol–water partition coefficient (Wildman–Crippen LogP) is 5.80. The molecule has 0 atom stereocenters. The molecule has 25 heavy (non-hydrogen) atoms. The van der Waals surface area contributed by atoms with E-state index in [-0.39, 0.29) is 21.3 Å². The highest BCUT2D eigenvalue weighted by atomic mass is 35.5. The summed E-state index contributed by atoms with van der Waals surface area (Å²) in [6.45, 7) is 4.16. The van der Waals surface area contributed by atoms with Gasteiger partial charge >= 0.3 is 5.97 Å². The van der Waals surface area contributed by atoms with Crippen LogP contribution in [-0.2, 0) is 6.42 Å². The van der Waals surface area contributed by atoms with Gasteiger partial charge in [-0.25, -0.2) is 4.79 Å². The molecule has 0 fully saturated rings. The molecule has 0 aromatic heterocycles. The molecule has 2 aromatic carbocycles. The van der Waals surface area contributed by atoms with E-state index in [1.54, 1.807) is 12.1 Å². The van der Waals surface area contributed by atoms with Crippen molar-refractivity contribution in [2.45, 2.75) is 20.3 Å². The third kappa shape index (κ3) is 4.88. The number of aromatic carboxylic acids is 1. The van der Waals surface area contributed by atoms with Gasteiger partial charge in [-0.15, -0.1) is 0 Å². The molecule has 1 amide bonds. The van der Waals surface area contributed by atoms with Crippen LogP contribution in [0.4, 0.5) is 5.69 Å². The number of amides is 1. The number of carbonyl (C=O) groups is 2. The van der Waals surface area contributed by atoms with E-state index in [9.17, 15) is 9.59 Å². The Morgan fingerprint density at radius 1 is 1.04 bits per heavy atom. The van der Waals surface area contributed by atoms with Crippen LogP contribution in [0.3, 0.4) is 0 Å². The fraction of sp³-hybridized carbons (Fsp3) is 0.222. The van der Waals surface area contributed by atoms with Crippen LogP contribution in [0.15, 0.2) is 30.3 Å². The number of rotatable bonds is 5. The summed E-state index contributed by atoms with van der Waals surface area (Å²) in [7, 11) is 0. The Hall–Kier alpha value is -1.75. The van der Waals surface area contributed by atoms with E-state index in [1.165, 1.54) is 12.1 Å². The van der Waals surface area contributed by atoms with E-state index in [4.69, 9.17) is 39.9 Å². The third-order valence-electron chi connectivity index (χ3n) is 3.45. The zero-order valence-corrected chi connectivity index (χ0v) is 15.8. The molecule has 0 spiro atoms. The molecule has 0 aliphatic heterocycles. The van der Waals surface area contributed by atoms with Crippen molar-refractivity contribution in [1.82, 2.24) is 0 Å². The summed E-state index contributed by atoms with van der Waals surface area (Å²) in [6.07, 6.45) is 0.812. The first-order valence-corrected chi connectivity index (χ1v) is 8.64. The van der Waals surface area contributed by atoms with Gasteiger partial charge in [-0.2, -0.15) is 0 Å². The van der Waals surface area contributed by atoms with Crippen molar-refractivity contribution >= 4 is 52.4 Å². The first kappa shape index (κ1) is 19.6. The second-order valence-corrected chi connectivity index (χ2v) is 7.21. The van der Waals surface area contributed by atoms with E-state index in [0.29, 0.717) is 16.5 Å². The Labute approximate surface area is 160 Å². The van der Waals surface area contributed by atoms with Gasteiger partial charge in [-0.3, -0.25) is 4.79 Å². The number of anilines is 1. The molecule has 0 aliphatic rings. The van der Waals surface area contributed by atoms with Crippen LogP contribution >= 0.6 is 34.8 Å². The van der Waals surface area contributed by atoms with E-state index in [2.05, 4.69) is 19.2 Å². The van der Waals surface area contributed by atoms with Crippen molar-refractivity contribution in [1.29, 1.82) is 0 Å². The van der Waals surface area contributed by atoms with Crippen LogP contribution in [-0.4, -0.2) is 17.0 Å². The standard InChI is InChI=1S/C18H16Cl3NO3/c1-9(2)5-10-3-4-13(19)12(6-10)17(23)22-16-14(20)7-11(18(24)25)8-15(16)21/h3-4,6-9H,5H2,1-2H3,(H,22,23)(H,24,25). The minimum Gasteiger partial charge on any atom is -0.478 e. The molecule has 0 heterocycles. The minimum absolute atomic E-state index is 0.0349. The average Bonchev–Trinajstić information content (AvgIpc) is 2.51. The number of halogens is 3. The second kappa shape index (κ2) is 8.09. The molecule has 0 bridgehead atoms. The van der Waals surface area contributed by atoms with E-state index >= 15 is 0 Å². The Morgan fingerprint density at radius 3 is 2.16 bits per heavy atom. The van der Waals surface area contributed by atoms with Crippen molar-refractivity contribution < 1.29 is 14.7 Å². The van der Waals surface area contributed by atoms with Gasteiger partial charge in [0.25, 0.3) is 5.91 Å². The van der Waals surface area contributed by atoms with Gasteiger partial charge in [0.15, 0.2) is 0 Å². The summed E-state index contributed by atoms with van der Waals surface area (Å²) in [5.74, 6) is -1.20. The number of carboxylic acid groups (broad SMARTS) is 1. The van der Waals surface area contributed by atoms with Crippen LogP contribution in [0.1, 0.15) is 40.1 Å². The van der Waals surface area contributed by atoms with Crippen LogP contribution in [0.2, 0.25) is 15.1 Å². The fourth-order valence-corrected chi connectivity index (χ4v) is 3.13. The van der Waals surface area contributed by atoms with Crippen molar-refractivity contribution in [2.75, 3.05) is 5.32 Å². The molecule has 0 saturated carbocycles. The molecule has 132 valence electrons. The van der Waals surface area contributed by atoms with Gasteiger partial charge in [0, 0.05) is 0 Å². The second-order valence-electron chi connectivity index (χ2n) is 5.99. The third-order valence-corrected chi connectivity index (χ3v) is 4.37. The quantitative estimate of drug-likeness (QED) is 0.667. The maximum absolute atomic E-state index is 12.6.